The van der Waals surface area contributed by atoms with E-state index in [9.17, 15) is 0 Å². The molecule has 1 aliphatic carbocycles. The summed E-state index contributed by atoms with van der Waals surface area (Å²) in [7, 11) is 0. The van der Waals surface area contributed by atoms with E-state index in [0.717, 1.165) is 49.6 Å². The van der Waals surface area contributed by atoms with E-state index >= 15 is 0 Å². The van der Waals surface area contributed by atoms with Crippen molar-refractivity contribution >= 4 is 36.4 Å². The van der Waals surface area contributed by atoms with E-state index in [1.165, 1.54) is 32.6 Å². The fourth-order valence-corrected chi connectivity index (χ4v) is 3.72. The van der Waals surface area contributed by atoms with Crippen LogP contribution in [0.15, 0.2) is 11.1 Å². The van der Waals surface area contributed by atoms with E-state index in [0.29, 0.717) is 0 Å². The van der Waals surface area contributed by atoms with Crippen molar-refractivity contribution in [2.75, 3.05) is 52.5 Å². The van der Waals surface area contributed by atoms with Gasteiger partial charge in [0.15, 0.2) is 0 Å². The maximum Gasteiger partial charge on any atom is 0.0594 e. The maximum atomic E-state index is 6.15. The molecule has 3 rings (SSSR count). The molecule has 0 amide bonds. The second kappa shape index (κ2) is 8.82. The molecule has 0 unspecified atom stereocenters. The fourth-order valence-electron chi connectivity index (χ4n) is 3.44. The van der Waals surface area contributed by atoms with Crippen molar-refractivity contribution in [2.45, 2.75) is 12.8 Å². The molecule has 118 valence electrons. The predicted octanol–water partition coefficient (Wildman–Crippen LogP) is 2.63. The molecule has 0 aromatic carbocycles. The van der Waals surface area contributed by atoms with Crippen LogP contribution in [0.1, 0.15) is 12.8 Å². The highest BCUT2D eigenvalue weighted by molar-refractivity contribution is 6.29. The van der Waals surface area contributed by atoms with E-state index in [2.05, 4.69) is 15.9 Å². The average Bonchev–Trinajstić information content (AvgIpc) is 2.79. The summed E-state index contributed by atoms with van der Waals surface area (Å²) in [4.78, 5) is 5.16. The van der Waals surface area contributed by atoms with Crippen molar-refractivity contribution in [1.29, 1.82) is 0 Å². The third-order valence-corrected chi connectivity index (χ3v) is 4.90. The Balaban J connectivity index is 0.000001000. The molecule has 0 saturated carbocycles. The number of morpholine rings is 1. The van der Waals surface area contributed by atoms with Crippen LogP contribution in [0.2, 0.25) is 0 Å². The molecular weight excluding hydrogens is 319 g/mol. The number of halogens is 3. The molecule has 2 saturated heterocycles. The van der Waals surface area contributed by atoms with Crippen molar-refractivity contribution in [3.05, 3.63) is 11.1 Å². The molecule has 0 bridgehead atoms. The van der Waals surface area contributed by atoms with Gasteiger partial charge in [-0.15, -0.1) is 24.8 Å². The van der Waals surface area contributed by atoms with Crippen LogP contribution in [0.5, 0.6) is 0 Å². The van der Waals surface area contributed by atoms with Crippen molar-refractivity contribution in [3.8, 4) is 0 Å². The number of rotatable bonds is 3. The van der Waals surface area contributed by atoms with Gasteiger partial charge in [-0.3, -0.25) is 4.90 Å². The minimum absolute atomic E-state index is 0. The zero-order valence-electron chi connectivity index (χ0n) is 11.8. The van der Waals surface area contributed by atoms with Crippen LogP contribution in [0, 0.1) is 11.8 Å². The Bertz CT molecular complexity index is 322. The second-order valence-electron chi connectivity index (χ2n) is 5.82. The van der Waals surface area contributed by atoms with Crippen LogP contribution in [-0.4, -0.2) is 62.3 Å². The molecule has 0 N–H and O–H groups in total. The lowest BCUT2D eigenvalue weighted by Crippen LogP contribution is -2.41. The standard InChI is InChI=1S/C14H23ClN2O.2ClH/c15-14-2-1-12-10-17(11-13(12)9-14)4-3-16-5-7-18-8-6-16;;/h2,12-13H,1,3-11H2;2*1H/t12-,13+;;/m1../s1. The van der Waals surface area contributed by atoms with Crippen LogP contribution in [0.3, 0.4) is 0 Å². The number of hydrogen-bond acceptors (Lipinski definition) is 3. The van der Waals surface area contributed by atoms with E-state index in [-0.39, 0.29) is 24.8 Å². The summed E-state index contributed by atoms with van der Waals surface area (Å²) in [5.74, 6) is 1.67. The first-order chi connectivity index (χ1) is 8.81. The summed E-state index contributed by atoms with van der Waals surface area (Å²) < 4.78 is 5.38. The van der Waals surface area contributed by atoms with Crippen LogP contribution < -0.4 is 0 Å². The van der Waals surface area contributed by atoms with E-state index in [4.69, 9.17) is 16.3 Å². The van der Waals surface area contributed by atoms with E-state index < -0.39 is 0 Å². The van der Waals surface area contributed by atoms with Gasteiger partial charge in [-0.1, -0.05) is 17.7 Å². The van der Waals surface area contributed by atoms with Gasteiger partial charge in [-0.05, 0) is 24.7 Å². The predicted molar refractivity (Wildman–Crippen MR) is 88.3 cm³/mol. The number of fused-ring (bicyclic) bond motifs is 1. The summed E-state index contributed by atoms with van der Waals surface area (Å²) >= 11 is 6.15. The largest absolute Gasteiger partial charge is 0.379 e. The molecule has 0 spiro atoms. The Kier molecular flexibility index (Phi) is 8.17. The van der Waals surface area contributed by atoms with Gasteiger partial charge in [0.1, 0.15) is 0 Å². The smallest absolute Gasteiger partial charge is 0.0594 e. The average molecular weight is 344 g/mol. The summed E-state index contributed by atoms with van der Waals surface area (Å²) in [5, 5.41) is 1.09. The first-order valence-electron chi connectivity index (χ1n) is 7.18. The third-order valence-electron chi connectivity index (χ3n) is 4.59. The Labute approximate surface area is 139 Å². The minimum Gasteiger partial charge on any atom is -0.379 e. The minimum atomic E-state index is 0. The number of nitrogens with zero attached hydrogens (tertiary/aromatic N) is 2. The Morgan fingerprint density at radius 1 is 1.05 bits per heavy atom. The zero-order valence-corrected chi connectivity index (χ0v) is 14.2. The lowest BCUT2D eigenvalue weighted by Gasteiger charge is -2.28. The second-order valence-corrected chi connectivity index (χ2v) is 6.31. The molecule has 6 heteroatoms. The normalized spacial score (nSPS) is 30.9. The summed E-state index contributed by atoms with van der Waals surface area (Å²) in [6, 6.07) is 0. The molecule has 0 aromatic heterocycles. The monoisotopic (exact) mass is 342 g/mol. The Morgan fingerprint density at radius 2 is 1.70 bits per heavy atom. The van der Waals surface area contributed by atoms with Gasteiger partial charge in [0, 0.05) is 44.3 Å². The van der Waals surface area contributed by atoms with Crippen molar-refractivity contribution in [1.82, 2.24) is 9.80 Å². The molecule has 2 heterocycles. The molecule has 0 aromatic rings. The molecule has 20 heavy (non-hydrogen) atoms. The van der Waals surface area contributed by atoms with Gasteiger partial charge in [0.05, 0.1) is 13.2 Å². The van der Waals surface area contributed by atoms with Crippen LogP contribution in [-0.2, 0) is 4.74 Å². The molecule has 0 radical (unpaired) electrons. The summed E-state index contributed by atoms with van der Waals surface area (Å²) in [5.41, 5.74) is 0. The van der Waals surface area contributed by atoms with E-state index in [1.807, 2.05) is 0 Å². The van der Waals surface area contributed by atoms with Crippen molar-refractivity contribution in [2.24, 2.45) is 11.8 Å². The topological polar surface area (TPSA) is 15.7 Å². The van der Waals surface area contributed by atoms with Crippen LogP contribution >= 0.6 is 36.4 Å². The Hall–Kier alpha value is 0.490. The number of allylic oxidation sites excluding steroid dienone is 2. The molecule has 2 atom stereocenters. The van der Waals surface area contributed by atoms with Gasteiger partial charge in [0.25, 0.3) is 0 Å². The lowest BCUT2D eigenvalue weighted by atomic mass is 9.86. The SMILES string of the molecule is Cl.Cl.ClC1=CC[C@@H]2CN(CCN3CCOCC3)C[C@@H]2C1. The van der Waals surface area contributed by atoms with Crippen LogP contribution in [0.25, 0.3) is 0 Å². The van der Waals surface area contributed by atoms with E-state index in [1.54, 1.807) is 0 Å². The number of ether oxygens (including phenoxy) is 1. The van der Waals surface area contributed by atoms with Crippen LogP contribution in [0.4, 0.5) is 0 Å². The summed E-state index contributed by atoms with van der Waals surface area (Å²) in [6.07, 6.45) is 4.53. The highest BCUT2D eigenvalue weighted by atomic mass is 35.5. The van der Waals surface area contributed by atoms with Gasteiger partial charge >= 0.3 is 0 Å². The quantitative estimate of drug-likeness (QED) is 0.783. The highest BCUT2D eigenvalue weighted by Crippen LogP contribution is 2.36. The maximum absolute atomic E-state index is 6.15. The van der Waals surface area contributed by atoms with Gasteiger partial charge < -0.3 is 9.64 Å². The fraction of sp³-hybridized carbons (Fsp3) is 0.857. The molecule has 3 nitrogen and oxygen atoms in total. The first-order valence-corrected chi connectivity index (χ1v) is 7.56. The van der Waals surface area contributed by atoms with Gasteiger partial charge in [-0.2, -0.15) is 0 Å². The number of hydrogen-bond donors (Lipinski definition) is 0. The first kappa shape index (κ1) is 18.5. The van der Waals surface area contributed by atoms with Crippen molar-refractivity contribution in [3.63, 3.8) is 0 Å². The molecule has 2 aliphatic heterocycles. The third kappa shape index (κ3) is 4.75. The number of likely N-dealkylation sites (tertiary alicyclic amines) is 1. The van der Waals surface area contributed by atoms with Gasteiger partial charge in [0.2, 0.25) is 0 Å². The Morgan fingerprint density at radius 3 is 2.45 bits per heavy atom. The highest BCUT2D eigenvalue weighted by Gasteiger charge is 2.34. The van der Waals surface area contributed by atoms with Crippen molar-refractivity contribution < 1.29 is 4.74 Å². The molecule has 2 fully saturated rings. The molecular formula is C14H25Cl3N2O. The molecule has 3 aliphatic rings. The summed E-state index contributed by atoms with van der Waals surface area (Å²) in [6.45, 7) is 8.96. The lowest BCUT2D eigenvalue weighted by molar-refractivity contribution is 0.0342. The van der Waals surface area contributed by atoms with Gasteiger partial charge in [-0.25, -0.2) is 0 Å². The zero-order chi connectivity index (χ0) is 12.4.